The van der Waals surface area contributed by atoms with Crippen molar-refractivity contribution in [2.24, 2.45) is 0 Å². The number of carbonyl (C=O) groups is 2. The van der Waals surface area contributed by atoms with E-state index < -0.39 is 18.2 Å². The number of hydrogen-bond acceptors (Lipinski definition) is 4. The molecule has 0 unspecified atom stereocenters. The third-order valence-electron chi connectivity index (χ3n) is 3.01. The molecule has 5 nitrogen and oxygen atoms in total. The highest BCUT2D eigenvalue weighted by Crippen LogP contribution is 2.17. The van der Waals surface area contributed by atoms with E-state index in [2.05, 4.69) is 5.32 Å². The summed E-state index contributed by atoms with van der Waals surface area (Å²) >= 11 is 0. The molecule has 1 fully saturated rings. The fourth-order valence-electron chi connectivity index (χ4n) is 2.06. The Labute approximate surface area is 114 Å². The van der Waals surface area contributed by atoms with Crippen molar-refractivity contribution >= 4 is 12.1 Å². The lowest BCUT2D eigenvalue weighted by atomic mass is 9.96. The van der Waals surface area contributed by atoms with E-state index in [-0.39, 0.29) is 6.04 Å². The molecular formula is C14H23NO4. The molecule has 0 radical (unpaired) electrons. The standard InChI is InChI=1S/C14H23NO4/c1-3-18-13(16)10-9-11(2)19-14(17)15-12-7-5-4-6-8-12/h9-12H,3-8H2,1-2H3,(H,15,17)/b10-9+/t11-/m0/s1. The number of rotatable bonds is 5. The largest absolute Gasteiger partial charge is 0.463 e. The summed E-state index contributed by atoms with van der Waals surface area (Å²) in [5, 5.41) is 2.85. The first-order chi connectivity index (χ1) is 9.11. The number of carbonyl (C=O) groups excluding carboxylic acids is 2. The highest BCUT2D eigenvalue weighted by atomic mass is 16.6. The van der Waals surface area contributed by atoms with Crippen molar-refractivity contribution in [1.29, 1.82) is 0 Å². The minimum absolute atomic E-state index is 0.225. The zero-order valence-electron chi connectivity index (χ0n) is 11.7. The van der Waals surface area contributed by atoms with Gasteiger partial charge in [0.25, 0.3) is 0 Å². The van der Waals surface area contributed by atoms with Gasteiger partial charge in [-0.1, -0.05) is 19.3 Å². The van der Waals surface area contributed by atoms with Crippen molar-refractivity contribution in [2.45, 2.75) is 58.1 Å². The van der Waals surface area contributed by atoms with Gasteiger partial charge in [0.2, 0.25) is 0 Å². The molecule has 0 aromatic heterocycles. The van der Waals surface area contributed by atoms with E-state index in [9.17, 15) is 9.59 Å². The van der Waals surface area contributed by atoms with E-state index in [1.165, 1.54) is 18.6 Å². The summed E-state index contributed by atoms with van der Waals surface area (Å²) in [6, 6.07) is 0.225. The van der Waals surface area contributed by atoms with Gasteiger partial charge in [0.05, 0.1) is 6.61 Å². The molecule has 1 saturated carbocycles. The zero-order chi connectivity index (χ0) is 14.1. The molecule has 19 heavy (non-hydrogen) atoms. The third-order valence-corrected chi connectivity index (χ3v) is 3.01. The molecule has 0 saturated heterocycles. The molecule has 0 heterocycles. The maximum atomic E-state index is 11.6. The molecule has 1 amide bonds. The summed E-state index contributed by atoms with van der Waals surface area (Å²) < 4.78 is 9.87. The van der Waals surface area contributed by atoms with Crippen LogP contribution in [-0.4, -0.2) is 30.8 Å². The van der Waals surface area contributed by atoms with Crippen LogP contribution in [0.15, 0.2) is 12.2 Å². The Kier molecular flexibility index (Phi) is 7.00. The van der Waals surface area contributed by atoms with Gasteiger partial charge in [-0.3, -0.25) is 0 Å². The summed E-state index contributed by atoms with van der Waals surface area (Å²) in [6.45, 7) is 3.78. The molecule has 0 aliphatic heterocycles. The summed E-state index contributed by atoms with van der Waals surface area (Å²) in [7, 11) is 0. The molecule has 1 aliphatic rings. The smallest absolute Gasteiger partial charge is 0.407 e. The fourth-order valence-corrected chi connectivity index (χ4v) is 2.06. The van der Waals surface area contributed by atoms with Crippen molar-refractivity contribution in [2.75, 3.05) is 6.61 Å². The molecule has 5 heteroatoms. The van der Waals surface area contributed by atoms with Crippen LogP contribution in [0.2, 0.25) is 0 Å². The van der Waals surface area contributed by atoms with E-state index >= 15 is 0 Å². The van der Waals surface area contributed by atoms with Crippen LogP contribution >= 0.6 is 0 Å². The van der Waals surface area contributed by atoms with Gasteiger partial charge in [0.15, 0.2) is 0 Å². The fraction of sp³-hybridized carbons (Fsp3) is 0.714. The molecule has 0 spiro atoms. The molecule has 0 aromatic rings. The van der Waals surface area contributed by atoms with Gasteiger partial charge in [-0.05, 0) is 32.8 Å². The second kappa shape index (κ2) is 8.56. The Morgan fingerprint density at radius 3 is 2.63 bits per heavy atom. The van der Waals surface area contributed by atoms with Gasteiger partial charge in [-0.15, -0.1) is 0 Å². The maximum absolute atomic E-state index is 11.6. The Hall–Kier alpha value is -1.52. The molecular weight excluding hydrogens is 246 g/mol. The van der Waals surface area contributed by atoms with Gasteiger partial charge in [0, 0.05) is 12.1 Å². The third kappa shape index (κ3) is 6.84. The number of ether oxygens (including phenoxy) is 2. The summed E-state index contributed by atoms with van der Waals surface area (Å²) in [6.07, 6.45) is 7.50. The van der Waals surface area contributed by atoms with Crippen molar-refractivity contribution in [1.82, 2.24) is 5.32 Å². The van der Waals surface area contributed by atoms with E-state index in [0.29, 0.717) is 6.61 Å². The average Bonchev–Trinajstić information content (AvgIpc) is 2.38. The highest BCUT2D eigenvalue weighted by molar-refractivity contribution is 5.82. The van der Waals surface area contributed by atoms with Gasteiger partial charge in [-0.25, -0.2) is 9.59 Å². The molecule has 108 valence electrons. The summed E-state index contributed by atoms with van der Waals surface area (Å²) in [4.78, 5) is 22.7. The van der Waals surface area contributed by atoms with Crippen LogP contribution in [-0.2, 0) is 14.3 Å². The number of nitrogens with one attached hydrogen (secondary N) is 1. The lowest BCUT2D eigenvalue weighted by Gasteiger charge is -2.23. The maximum Gasteiger partial charge on any atom is 0.407 e. The van der Waals surface area contributed by atoms with Crippen molar-refractivity contribution in [3.63, 3.8) is 0 Å². The van der Waals surface area contributed by atoms with E-state index in [0.717, 1.165) is 25.7 Å². The lowest BCUT2D eigenvalue weighted by Crippen LogP contribution is -2.37. The topological polar surface area (TPSA) is 64.6 Å². The molecule has 1 rings (SSSR count). The van der Waals surface area contributed by atoms with E-state index in [1.54, 1.807) is 13.8 Å². The van der Waals surface area contributed by atoms with Crippen LogP contribution in [0.4, 0.5) is 4.79 Å². The minimum atomic E-state index is -0.451. The Morgan fingerprint density at radius 2 is 2.00 bits per heavy atom. The first-order valence-electron chi connectivity index (χ1n) is 6.94. The quantitative estimate of drug-likeness (QED) is 0.615. The van der Waals surface area contributed by atoms with Gasteiger partial charge in [0.1, 0.15) is 6.10 Å². The predicted octanol–water partition coefficient (Wildman–Crippen LogP) is 2.55. The number of amides is 1. The second-order valence-electron chi connectivity index (χ2n) is 4.70. The SMILES string of the molecule is CCOC(=O)/C=C/[C@H](C)OC(=O)NC1CCCCC1. The van der Waals surface area contributed by atoms with Crippen molar-refractivity contribution in [3.05, 3.63) is 12.2 Å². The number of alkyl carbamates (subject to hydrolysis) is 1. The van der Waals surface area contributed by atoms with E-state index in [1.807, 2.05) is 0 Å². The highest BCUT2D eigenvalue weighted by Gasteiger charge is 2.17. The van der Waals surface area contributed by atoms with Crippen LogP contribution in [0.1, 0.15) is 46.0 Å². The van der Waals surface area contributed by atoms with E-state index in [4.69, 9.17) is 9.47 Å². The van der Waals surface area contributed by atoms with Crippen LogP contribution in [0, 0.1) is 0 Å². The van der Waals surface area contributed by atoms with Crippen molar-refractivity contribution in [3.8, 4) is 0 Å². The molecule has 1 N–H and O–H groups in total. The van der Waals surface area contributed by atoms with Crippen LogP contribution in [0.5, 0.6) is 0 Å². The average molecular weight is 269 g/mol. The predicted molar refractivity (Wildman–Crippen MR) is 71.7 cm³/mol. The number of esters is 1. The van der Waals surface area contributed by atoms with Gasteiger partial charge < -0.3 is 14.8 Å². The molecule has 0 aromatic carbocycles. The monoisotopic (exact) mass is 269 g/mol. The molecule has 1 atom stereocenters. The number of hydrogen-bond donors (Lipinski definition) is 1. The molecule has 1 aliphatic carbocycles. The Bertz CT molecular complexity index is 321. The lowest BCUT2D eigenvalue weighted by molar-refractivity contribution is -0.137. The van der Waals surface area contributed by atoms with Crippen molar-refractivity contribution < 1.29 is 19.1 Å². The first-order valence-corrected chi connectivity index (χ1v) is 6.94. The molecule has 0 bridgehead atoms. The Balaban J connectivity index is 2.24. The van der Waals surface area contributed by atoms with Gasteiger partial charge >= 0.3 is 12.1 Å². The first kappa shape index (κ1) is 15.5. The summed E-state index contributed by atoms with van der Waals surface area (Å²) in [5.74, 6) is -0.425. The second-order valence-corrected chi connectivity index (χ2v) is 4.70. The minimum Gasteiger partial charge on any atom is -0.463 e. The van der Waals surface area contributed by atoms with Crippen LogP contribution in [0.25, 0.3) is 0 Å². The zero-order valence-corrected chi connectivity index (χ0v) is 11.7. The Morgan fingerprint density at radius 1 is 1.32 bits per heavy atom. The summed E-state index contributed by atoms with van der Waals surface area (Å²) in [5.41, 5.74) is 0. The van der Waals surface area contributed by atoms with Gasteiger partial charge in [-0.2, -0.15) is 0 Å². The normalized spacial score (nSPS) is 18.0. The van der Waals surface area contributed by atoms with Crippen LogP contribution in [0.3, 0.4) is 0 Å². The van der Waals surface area contributed by atoms with Crippen LogP contribution < -0.4 is 5.32 Å².